The number of fused-ring (bicyclic) bond motifs is 1. The smallest absolute Gasteiger partial charge is 0.254 e. The van der Waals surface area contributed by atoms with Crippen molar-refractivity contribution >= 4 is 5.91 Å². The van der Waals surface area contributed by atoms with E-state index in [9.17, 15) is 4.79 Å². The minimum absolute atomic E-state index is 0.113. The van der Waals surface area contributed by atoms with Crippen LogP contribution in [0.1, 0.15) is 41.7 Å². The number of benzene rings is 2. The summed E-state index contributed by atoms with van der Waals surface area (Å²) in [6.45, 7) is 0.670. The van der Waals surface area contributed by atoms with Gasteiger partial charge < -0.3 is 15.2 Å². The first-order valence-electron chi connectivity index (χ1n) is 8.45. The Kier molecular flexibility index (Phi) is 5.62. The molecule has 2 N–H and O–H groups in total. The molecule has 1 heterocycles. The van der Waals surface area contributed by atoms with Crippen molar-refractivity contribution in [3.8, 4) is 0 Å². The van der Waals surface area contributed by atoms with Crippen molar-refractivity contribution in [1.29, 1.82) is 0 Å². The van der Waals surface area contributed by atoms with E-state index in [0.717, 1.165) is 17.5 Å². The molecule has 1 aliphatic rings. The van der Waals surface area contributed by atoms with Crippen LogP contribution >= 0.6 is 0 Å². The zero-order valence-corrected chi connectivity index (χ0v) is 13.7. The summed E-state index contributed by atoms with van der Waals surface area (Å²) in [6, 6.07) is 17.7. The Morgan fingerprint density at radius 1 is 1.17 bits per heavy atom. The Morgan fingerprint density at radius 2 is 1.92 bits per heavy atom. The van der Waals surface area contributed by atoms with Gasteiger partial charge in [-0.2, -0.15) is 0 Å². The van der Waals surface area contributed by atoms with Gasteiger partial charge in [0.2, 0.25) is 0 Å². The number of carbonyl (C=O) groups is 1. The number of carbonyl (C=O) groups excluding carboxylic acids is 1. The minimum atomic E-state index is -0.560. The van der Waals surface area contributed by atoms with Crippen molar-refractivity contribution in [1.82, 2.24) is 5.32 Å². The van der Waals surface area contributed by atoms with Gasteiger partial charge in [-0.15, -0.1) is 0 Å². The van der Waals surface area contributed by atoms with Gasteiger partial charge in [0.05, 0.1) is 12.6 Å². The monoisotopic (exact) mass is 325 g/mol. The van der Waals surface area contributed by atoms with E-state index in [-0.39, 0.29) is 18.6 Å². The predicted molar refractivity (Wildman–Crippen MR) is 92.5 cm³/mol. The van der Waals surface area contributed by atoms with Crippen molar-refractivity contribution in [2.24, 2.45) is 0 Å². The highest BCUT2D eigenvalue weighted by molar-refractivity contribution is 5.83. The normalized spacial score (nSPS) is 17.8. The number of amides is 1. The molecule has 0 aromatic heterocycles. The Labute approximate surface area is 142 Å². The van der Waals surface area contributed by atoms with Crippen molar-refractivity contribution < 1.29 is 14.6 Å². The Balaban J connectivity index is 1.76. The Bertz CT molecular complexity index is 672. The molecular weight excluding hydrogens is 302 g/mol. The zero-order valence-electron chi connectivity index (χ0n) is 13.7. The number of ether oxygens (including phenoxy) is 1. The maximum atomic E-state index is 12.8. The van der Waals surface area contributed by atoms with E-state index < -0.39 is 6.10 Å². The first-order valence-corrected chi connectivity index (χ1v) is 8.45. The van der Waals surface area contributed by atoms with Gasteiger partial charge in [-0.3, -0.25) is 4.79 Å². The van der Waals surface area contributed by atoms with Crippen molar-refractivity contribution in [3.05, 3.63) is 71.3 Å². The van der Waals surface area contributed by atoms with E-state index in [0.29, 0.717) is 19.4 Å². The van der Waals surface area contributed by atoms with Crippen LogP contribution in [0, 0.1) is 0 Å². The highest BCUT2D eigenvalue weighted by atomic mass is 16.5. The number of aliphatic hydroxyl groups excluding tert-OH is 1. The van der Waals surface area contributed by atoms with Crippen LogP contribution in [-0.2, 0) is 16.0 Å². The molecule has 2 aromatic carbocycles. The molecule has 4 heteroatoms. The maximum absolute atomic E-state index is 12.8. The lowest BCUT2D eigenvalue weighted by Gasteiger charge is -2.27. The molecule has 4 nitrogen and oxygen atoms in total. The van der Waals surface area contributed by atoms with Crippen molar-refractivity contribution in [3.63, 3.8) is 0 Å². The summed E-state index contributed by atoms with van der Waals surface area (Å²) in [6.07, 6.45) is 1.62. The highest BCUT2D eigenvalue weighted by Gasteiger charge is 2.28. The second kappa shape index (κ2) is 8.08. The van der Waals surface area contributed by atoms with Crippen molar-refractivity contribution in [2.45, 2.75) is 31.4 Å². The average molecular weight is 325 g/mol. The van der Waals surface area contributed by atoms with E-state index >= 15 is 0 Å². The fourth-order valence-electron chi connectivity index (χ4n) is 3.16. The van der Waals surface area contributed by atoms with Crippen LogP contribution in [0.15, 0.2) is 54.6 Å². The Morgan fingerprint density at radius 3 is 2.71 bits per heavy atom. The lowest BCUT2D eigenvalue weighted by atomic mass is 9.96. The first kappa shape index (κ1) is 16.7. The van der Waals surface area contributed by atoms with Crippen LogP contribution in [0.25, 0.3) is 0 Å². The van der Waals surface area contributed by atoms with E-state index in [1.54, 1.807) is 0 Å². The molecule has 0 aliphatic carbocycles. The topological polar surface area (TPSA) is 58.6 Å². The molecule has 2 aromatic rings. The van der Waals surface area contributed by atoms with Crippen LogP contribution in [0.3, 0.4) is 0 Å². The predicted octanol–water partition coefficient (Wildman–Crippen LogP) is 2.93. The summed E-state index contributed by atoms with van der Waals surface area (Å²) in [5.74, 6) is -0.117. The third-order valence-electron chi connectivity index (χ3n) is 4.40. The fraction of sp³-hybridized carbons (Fsp3) is 0.350. The van der Waals surface area contributed by atoms with Gasteiger partial charge in [-0.25, -0.2) is 0 Å². The van der Waals surface area contributed by atoms with Gasteiger partial charge in [0.15, 0.2) is 6.10 Å². The van der Waals surface area contributed by atoms with E-state index in [4.69, 9.17) is 9.84 Å². The van der Waals surface area contributed by atoms with Gasteiger partial charge >= 0.3 is 0 Å². The van der Waals surface area contributed by atoms with Crippen LogP contribution in [-0.4, -0.2) is 24.2 Å². The molecule has 1 aliphatic heterocycles. The summed E-state index contributed by atoms with van der Waals surface area (Å²) in [7, 11) is 0. The highest BCUT2D eigenvalue weighted by Crippen LogP contribution is 2.28. The lowest BCUT2D eigenvalue weighted by Crippen LogP contribution is -2.36. The molecule has 0 spiro atoms. The molecule has 0 saturated heterocycles. The quantitative estimate of drug-likeness (QED) is 0.858. The molecule has 0 fully saturated rings. The summed E-state index contributed by atoms with van der Waals surface area (Å²) in [4.78, 5) is 12.8. The van der Waals surface area contributed by atoms with Crippen LogP contribution in [0.4, 0.5) is 0 Å². The lowest BCUT2D eigenvalue weighted by molar-refractivity contribution is -0.135. The van der Waals surface area contributed by atoms with Gasteiger partial charge in [-0.1, -0.05) is 54.6 Å². The van der Waals surface area contributed by atoms with Gasteiger partial charge in [0.25, 0.3) is 5.91 Å². The summed E-state index contributed by atoms with van der Waals surface area (Å²) >= 11 is 0. The van der Waals surface area contributed by atoms with E-state index in [1.807, 2.05) is 48.5 Å². The number of rotatable bonds is 6. The maximum Gasteiger partial charge on any atom is 0.254 e. The van der Waals surface area contributed by atoms with E-state index in [1.165, 1.54) is 5.56 Å². The van der Waals surface area contributed by atoms with Crippen LogP contribution < -0.4 is 5.32 Å². The third-order valence-corrected chi connectivity index (χ3v) is 4.40. The summed E-state index contributed by atoms with van der Waals surface area (Å²) in [5.41, 5.74) is 3.18. The SMILES string of the molecule is O=C(N[C@H](CCCO)c1ccccc1)[C@H]1OCCc2ccccc21. The average Bonchev–Trinajstić information content (AvgIpc) is 2.65. The molecule has 3 rings (SSSR count). The number of aliphatic hydroxyl groups is 1. The molecular formula is C20H23NO3. The molecule has 0 bridgehead atoms. The van der Waals surface area contributed by atoms with Crippen LogP contribution in [0.5, 0.6) is 0 Å². The van der Waals surface area contributed by atoms with Gasteiger partial charge in [0, 0.05) is 6.61 Å². The van der Waals surface area contributed by atoms with Gasteiger partial charge in [-0.05, 0) is 36.0 Å². The van der Waals surface area contributed by atoms with E-state index in [2.05, 4.69) is 11.4 Å². The molecule has 0 unspecified atom stereocenters. The number of hydrogen-bond donors (Lipinski definition) is 2. The summed E-state index contributed by atoms with van der Waals surface area (Å²) in [5, 5.41) is 12.2. The zero-order chi connectivity index (χ0) is 16.8. The molecule has 0 saturated carbocycles. The molecule has 126 valence electrons. The third kappa shape index (κ3) is 3.83. The second-order valence-electron chi connectivity index (χ2n) is 6.04. The summed E-state index contributed by atoms with van der Waals surface area (Å²) < 4.78 is 5.75. The molecule has 2 atom stereocenters. The van der Waals surface area contributed by atoms with Gasteiger partial charge in [0.1, 0.15) is 0 Å². The van der Waals surface area contributed by atoms with Crippen LogP contribution in [0.2, 0.25) is 0 Å². The largest absolute Gasteiger partial charge is 0.396 e. The standard InChI is InChI=1S/C20H23NO3/c22-13-6-11-18(16-8-2-1-3-9-16)21-20(23)19-17-10-5-4-7-15(17)12-14-24-19/h1-5,7-10,18-19,22H,6,11-14H2,(H,21,23)/t18-,19+/m1/s1. The second-order valence-corrected chi connectivity index (χ2v) is 6.04. The number of nitrogens with one attached hydrogen (secondary N) is 1. The van der Waals surface area contributed by atoms with Crippen molar-refractivity contribution in [2.75, 3.05) is 13.2 Å². The fourth-order valence-corrected chi connectivity index (χ4v) is 3.16. The molecule has 24 heavy (non-hydrogen) atoms. The minimum Gasteiger partial charge on any atom is -0.396 e. The molecule has 1 amide bonds. The first-order chi connectivity index (χ1) is 11.8. The number of hydrogen-bond acceptors (Lipinski definition) is 3. The molecule has 0 radical (unpaired) electrons. The Hall–Kier alpha value is -2.17.